The minimum atomic E-state index is -1.97. The summed E-state index contributed by atoms with van der Waals surface area (Å²) in [4.78, 5) is 78.6. The minimum Gasteiger partial charge on any atom is -0.480 e. The van der Waals surface area contributed by atoms with E-state index in [0.29, 0.717) is 22.7 Å². The molecule has 16 heteroatoms. The zero-order valence-electron chi connectivity index (χ0n) is 25.3. The number of ether oxygens (including phenoxy) is 1. The SMILES string of the molecule is CC[C@@]1(O)C(=O)OCc2c1cc1n(c2=O)Cc2c-1nc1ccccc1c2CSCC(NC(=O)CCC(N)C(=O)O)C(=O)NCC(=O)O. The van der Waals surface area contributed by atoms with E-state index in [-0.39, 0.29) is 49.3 Å². The van der Waals surface area contributed by atoms with Crippen LogP contribution < -0.4 is 21.9 Å². The number of benzene rings is 1. The number of nitrogens with two attached hydrogens (primary N) is 1. The molecule has 0 saturated heterocycles. The summed E-state index contributed by atoms with van der Waals surface area (Å²) in [6.45, 7) is 0.858. The average molecular weight is 668 g/mol. The highest BCUT2D eigenvalue weighted by molar-refractivity contribution is 7.98. The van der Waals surface area contributed by atoms with Crippen molar-refractivity contribution in [3.05, 3.63) is 62.9 Å². The van der Waals surface area contributed by atoms with Crippen molar-refractivity contribution in [2.45, 2.75) is 62.8 Å². The molecule has 7 N–H and O–H groups in total. The van der Waals surface area contributed by atoms with E-state index >= 15 is 0 Å². The maximum atomic E-state index is 13.7. The molecule has 0 bridgehead atoms. The molecule has 0 saturated carbocycles. The van der Waals surface area contributed by atoms with Crippen molar-refractivity contribution in [3.63, 3.8) is 0 Å². The second kappa shape index (κ2) is 13.5. The number of carboxylic acids is 2. The summed E-state index contributed by atoms with van der Waals surface area (Å²) < 4.78 is 6.69. The molecule has 4 heterocycles. The van der Waals surface area contributed by atoms with Gasteiger partial charge in [-0.05, 0) is 30.5 Å². The summed E-state index contributed by atoms with van der Waals surface area (Å²) in [7, 11) is 0. The Bertz CT molecular complexity index is 1860. The Kier molecular flexibility index (Phi) is 9.65. The molecule has 2 aromatic heterocycles. The number of pyridine rings is 2. The molecular weight excluding hydrogens is 634 g/mol. The van der Waals surface area contributed by atoms with E-state index in [1.54, 1.807) is 13.0 Å². The number of rotatable bonds is 13. The van der Waals surface area contributed by atoms with Gasteiger partial charge in [0.2, 0.25) is 11.8 Å². The van der Waals surface area contributed by atoms with E-state index in [9.17, 15) is 33.9 Å². The highest BCUT2D eigenvalue weighted by Crippen LogP contribution is 2.41. The summed E-state index contributed by atoms with van der Waals surface area (Å²) >= 11 is 1.28. The first-order valence-corrected chi connectivity index (χ1v) is 15.9. The van der Waals surface area contributed by atoms with Crippen LogP contribution in [0.1, 0.15) is 48.4 Å². The van der Waals surface area contributed by atoms with Crippen LogP contribution in [0.3, 0.4) is 0 Å². The van der Waals surface area contributed by atoms with Crippen molar-refractivity contribution in [2.75, 3.05) is 12.3 Å². The van der Waals surface area contributed by atoms with Gasteiger partial charge in [-0.2, -0.15) is 11.8 Å². The number of hydrogen-bond donors (Lipinski definition) is 6. The number of carbonyl (C=O) groups is 5. The third kappa shape index (κ3) is 6.57. The highest BCUT2D eigenvalue weighted by atomic mass is 32.2. The highest BCUT2D eigenvalue weighted by Gasteiger charge is 2.45. The van der Waals surface area contributed by atoms with E-state index in [4.69, 9.17) is 25.7 Å². The van der Waals surface area contributed by atoms with E-state index < -0.39 is 59.5 Å². The van der Waals surface area contributed by atoms with Crippen LogP contribution in [0.2, 0.25) is 0 Å². The van der Waals surface area contributed by atoms with Crippen molar-refractivity contribution in [1.29, 1.82) is 0 Å². The molecule has 47 heavy (non-hydrogen) atoms. The molecule has 0 radical (unpaired) electrons. The lowest BCUT2D eigenvalue weighted by molar-refractivity contribution is -0.172. The van der Waals surface area contributed by atoms with Gasteiger partial charge in [0.05, 0.1) is 29.0 Å². The maximum absolute atomic E-state index is 13.7. The first kappa shape index (κ1) is 33.6. The smallest absolute Gasteiger partial charge is 0.343 e. The molecule has 0 aliphatic carbocycles. The molecule has 5 rings (SSSR count). The Labute approximate surface area is 271 Å². The predicted octanol–water partition coefficient (Wildman–Crippen LogP) is 0.191. The van der Waals surface area contributed by atoms with Gasteiger partial charge in [-0.15, -0.1) is 0 Å². The molecule has 2 amide bonds. The number of aliphatic carboxylic acids is 2. The van der Waals surface area contributed by atoms with E-state index in [1.807, 2.05) is 24.3 Å². The van der Waals surface area contributed by atoms with Crippen LogP contribution in [0.25, 0.3) is 22.3 Å². The zero-order valence-corrected chi connectivity index (χ0v) is 26.1. The Balaban J connectivity index is 1.44. The molecule has 2 unspecified atom stereocenters. The molecular formula is C31H33N5O10S. The summed E-state index contributed by atoms with van der Waals surface area (Å²) in [5, 5.41) is 34.8. The van der Waals surface area contributed by atoms with Gasteiger partial charge >= 0.3 is 17.9 Å². The number of carbonyl (C=O) groups excluding carboxylic acids is 3. The molecule has 3 atom stereocenters. The van der Waals surface area contributed by atoms with E-state index in [2.05, 4.69) is 10.6 Å². The molecule has 0 spiro atoms. The van der Waals surface area contributed by atoms with Gasteiger partial charge in [-0.1, -0.05) is 25.1 Å². The molecule has 15 nitrogen and oxygen atoms in total. The Hall–Kier alpha value is -4.80. The number of carboxylic acid groups (broad SMARTS) is 2. The van der Waals surface area contributed by atoms with Gasteiger partial charge in [-0.25, -0.2) is 9.78 Å². The molecule has 2 aliphatic rings. The summed E-state index contributed by atoms with van der Waals surface area (Å²) in [5.41, 5.74) is 6.64. The molecule has 2 aliphatic heterocycles. The number of para-hydroxylation sites is 1. The molecule has 1 aromatic carbocycles. The largest absolute Gasteiger partial charge is 0.480 e. The predicted molar refractivity (Wildman–Crippen MR) is 168 cm³/mol. The van der Waals surface area contributed by atoms with Gasteiger partial charge in [0.1, 0.15) is 25.2 Å². The number of nitrogens with one attached hydrogen (secondary N) is 2. The lowest BCUT2D eigenvalue weighted by Crippen LogP contribution is -2.49. The van der Waals surface area contributed by atoms with Crippen LogP contribution in [0.5, 0.6) is 0 Å². The summed E-state index contributed by atoms with van der Waals surface area (Å²) in [5.74, 6) is -4.39. The van der Waals surface area contributed by atoms with Crippen LogP contribution in [-0.2, 0) is 53.2 Å². The average Bonchev–Trinajstić information content (AvgIpc) is 3.42. The van der Waals surface area contributed by atoms with E-state index in [1.165, 1.54) is 16.3 Å². The molecule has 248 valence electrons. The first-order chi connectivity index (χ1) is 22.3. The first-order valence-electron chi connectivity index (χ1n) is 14.8. The number of aliphatic hydroxyl groups is 1. The minimum absolute atomic E-state index is 0.00569. The van der Waals surface area contributed by atoms with Crippen molar-refractivity contribution in [2.24, 2.45) is 5.73 Å². The third-order valence-corrected chi connectivity index (χ3v) is 9.37. The quantitative estimate of drug-likeness (QED) is 0.105. The zero-order chi connectivity index (χ0) is 34.0. The fraction of sp³-hybridized carbons (Fsp3) is 0.387. The lowest BCUT2D eigenvalue weighted by Gasteiger charge is -2.31. The monoisotopic (exact) mass is 667 g/mol. The van der Waals surface area contributed by atoms with Gasteiger partial charge in [-0.3, -0.25) is 24.0 Å². The van der Waals surface area contributed by atoms with Crippen molar-refractivity contribution in [1.82, 2.24) is 20.2 Å². The van der Waals surface area contributed by atoms with Crippen LogP contribution in [0, 0.1) is 0 Å². The number of thioether (sulfide) groups is 1. The second-order valence-corrected chi connectivity index (χ2v) is 12.3. The number of amides is 2. The maximum Gasteiger partial charge on any atom is 0.343 e. The third-order valence-electron chi connectivity index (χ3n) is 8.31. The number of fused-ring (bicyclic) bond motifs is 5. The van der Waals surface area contributed by atoms with Gasteiger partial charge in [0, 0.05) is 34.4 Å². The Morgan fingerprint density at radius 2 is 1.91 bits per heavy atom. The van der Waals surface area contributed by atoms with Crippen LogP contribution in [-0.4, -0.2) is 79.0 Å². The number of aromatic nitrogens is 2. The summed E-state index contributed by atoms with van der Waals surface area (Å²) in [6.07, 6.45) is -0.415. The van der Waals surface area contributed by atoms with Gasteiger partial charge in [0.15, 0.2) is 5.60 Å². The van der Waals surface area contributed by atoms with Gasteiger partial charge in [0.25, 0.3) is 5.56 Å². The summed E-state index contributed by atoms with van der Waals surface area (Å²) in [6, 6.07) is 6.56. The second-order valence-electron chi connectivity index (χ2n) is 11.3. The van der Waals surface area contributed by atoms with Crippen LogP contribution in [0.4, 0.5) is 0 Å². The van der Waals surface area contributed by atoms with Crippen molar-refractivity contribution < 1.29 is 44.0 Å². The number of cyclic esters (lactones) is 1. The fourth-order valence-corrected chi connectivity index (χ4v) is 6.82. The molecule has 3 aromatic rings. The normalized spacial score (nSPS) is 17.6. The standard InChI is InChI=1S/C31H33N5O10S/c1-2-31(45)19-9-23-26-16(11-36(23)28(41)17(19)12-46-30(31)44)18(15-5-3-4-6-21(15)35-26)13-47-14-22(27(40)33-10-25(38)39)34-24(37)8-7-20(32)29(42)43/h3-6,9,20,22,45H,2,7-8,10-14,32H2,1H3,(H,33,40)(H,34,37)(H,38,39)(H,42,43)/t20?,22?,31-/m0/s1. The fourth-order valence-electron chi connectivity index (χ4n) is 5.70. The van der Waals surface area contributed by atoms with E-state index in [0.717, 1.165) is 16.5 Å². The van der Waals surface area contributed by atoms with Crippen LogP contribution in [0.15, 0.2) is 35.1 Å². The van der Waals surface area contributed by atoms with Crippen molar-refractivity contribution in [3.8, 4) is 11.4 Å². The lowest BCUT2D eigenvalue weighted by atomic mass is 9.86. The van der Waals surface area contributed by atoms with Crippen LogP contribution >= 0.6 is 11.8 Å². The Morgan fingerprint density at radius 3 is 2.62 bits per heavy atom. The van der Waals surface area contributed by atoms with Crippen molar-refractivity contribution >= 4 is 52.4 Å². The van der Waals surface area contributed by atoms with Gasteiger partial charge < -0.3 is 41.0 Å². The number of esters is 1. The number of hydrogen-bond acceptors (Lipinski definition) is 11. The number of nitrogens with zero attached hydrogens (tertiary/aromatic N) is 2. The molecule has 0 fully saturated rings. The Morgan fingerprint density at radius 1 is 1.17 bits per heavy atom. The topological polar surface area (TPSA) is 240 Å².